The number of amides is 3. The van der Waals surface area contributed by atoms with Gasteiger partial charge in [0.05, 0.1) is 12.8 Å². The van der Waals surface area contributed by atoms with E-state index in [9.17, 15) is 14.4 Å². The highest BCUT2D eigenvalue weighted by Crippen LogP contribution is 2.04. The molecule has 0 fully saturated rings. The third-order valence-corrected chi connectivity index (χ3v) is 3.09. The van der Waals surface area contributed by atoms with Crippen LogP contribution in [-0.4, -0.2) is 24.3 Å². The van der Waals surface area contributed by atoms with Crippen LogP contribution in [0.15, 0.2) is 47.1 Å². The third kappa shape index (κ3) is 4.70. The van der Waals surface area contributed by atoms with E-state index in [1.807, 2.05) is 19.1 Å². The molecule has 1 aromatic carbocycles. The van der Waals surface area contributed by atoms with Crippen molar-refractivity contribution in [2.75, 3.05) is 6.54 Å². The van der Waals surface area contributed by atoms with Gasteiger partial charge in [-0.1, -0.05) is 19.1 Å². The van der Waals surface area contributed by atoms with Crippen molar-refractivity contribution < 1.29 is 18.8 Å². The van der Waals surface area contributed by atoms with Crippen molar-refractivity contribution in [3.63, 3.8) is 0 Å². The Morgan fingerprint density at radius 1 is 1.00 bits per heavy atom. The number of aryl methyl sites for hydroxylation is 1. The number of rotatable bonds is 5. The predicted octanol–water partition coefficient (Wildman–Crippen LogP) is 1.03. The molecule has 0 saturated carbocycles. The molecule has 0 radical (unpaired) electrons. The maximum absolute atomic E-state index is 11.8. The minimum Gasteiger partial charge on any atom is -0.459 e. The van der Waals surface area contributed by atoms with Crippen molar-refractivity contribution in [2.24, 2.45) is 0 Å². The average molecular weight is 315 g/mol. The van der Waals surface area contributed by atoms with E-state index in [0.717, 1.165) is 12.0 Å². The molecule has 0 unspecified atom stereocenters. The standard InChI is InChI=1S/C16H17N3O4/c1-2-11-5-7-12(8-6-11)15(21)19-18-14(20)10-17-16(22)13-4-3-9-23-13/h3-9H,2,10H2,1H3,(H,17,22)(H,18,20)(H,19,21). The van der Waals surface area contributed by atoms with Crippen molar-refractivity contribution in [3.05, 3.63) is 59.5 Å². The van der Waals surface area contributed by atoms with Gasteiger partial charge in [0.15, 0.2) is 5.76 Å². The zero-order valence-corrected chi connectivity index (χ0v) is 12.6. The first-order valence-corrected chi connectivity index (χ1v) is 7.10. The molecule has 0 aliphatic carbocycles. The summed E-state index contributed by atoms with van der Waals surface area (Å²) in [6.07, 6.45) is 2.24. The predicted molar refractivity (Wildman–Crippen MR) is 82.5 cm³/mol. The van der Waals surface area contributed by atoms with E-state index >= 15 is 0 Å². The number of hydrogen-bond donors (Lipinski definition) is 3. The van der Waals surface area contributed by atoms with Crippen LogP contribution in [0.3, 0.4) is 0 Å². The molecule has 0 aliphatic rings. The molecule has 1 aromatic heterocycles. The van der Waals surface area contributed by atoms with Gasteiger partial charge >= 0.3 is 0 Å². The molecule has 3 N–H and O–H groups in total. The fourth-order valence-electron chi connectivity index (χ4n) is 1.79. The minimum absolute atomic E-state index is 0.109. The van der Waals surface area contributed by atoms with E-state index in [1.165, 1.54) is 12.3 Å². The average Bonchev–Trinajstić information content (AvgIpc) is 3.12. The molecule has 0 atom stereocenters. The topological polar surface area (TPSA) is 100 Å². The molecule has 120 valence electrons. The summed E-state index contributed by atoms with van der Waals surface area (Å²) < 4.78 is 4.89. The van der Waals surface area contributed by atoms with E-state index in [0.29, 0.717) is 5.56 Å². The lowest BCUT2D eigenvalue weighted by Crippen LogP contribution is -2.46. The Bertz CT molecular complexity index is 678. The molecular weight excluding hydrogens is 298 g/mol. The SMILES string of the molecule is CCc1ccc(C(=O)NNC(=O)CNC(=O)c2ccco2)cc1. The highest BCUT2D eigenvalue weighted by Gasteiger charge is 2.11. The van der Waals surface area contributed by atoms with Gasteiger partial charge in [-0.25, -0.2) is 0 Å². The highest BCUT2D eigenvalue weighted by molar-refractivity contribution is 5.97. The van der Waals surface area contributed by atoms with Crippen molar-refractivity contribution in [3.8, 4) is 0 Å². The van der Waals surface area contributed by atoms with Crippen LogP contribution in [0.4, 0.5) is 0 Å². The van der Waals surface area contributed by atoms with Gasteiger partial charge in [-0.2, -0.15) is 0 Å². The van der Waals surface area contributed by atoms with Gasteiger partial charge in [0, 0.05) is 5.56 Å². The van der Waals surface area contributed by atoms with Crippen molar-refractivity contribution >= 4 is 17.7 Å². The number of hydrogen-bond acceptors (Lipinski definition) is 4. The van der Waals surface area contributed by atoms with Gasteiger partial charge in [0.2, 0.25) is 0 Å². The van der Waals surface area contributed by atoms with Gasteiger partial charge in [-0.15, -0.1) is 0 Å². The molecule has 0 spiro atoms. The third-order valence-electron chi connectivity index (χ3n) is 3.09. The molecule has 0 saturated heterocycles. The molecule has 0 bridgehead atoms. The lowest BCUT2D eigenvalue weighted by Gasteiger charge is -2.08. The van der Waals surface area contributed by atoms with E-state index < -0.39 is 17.7 Å². The first kappa shape index (κ1) is 16.3. The summed E-state index contributed by atoms with van der Waals surface area (Å²) in [5.74, 6) is -1.38. The maximum Gasteiger partial charge on any atom is 0.287 e. The number of benzene rings is 1. The number of carbonyl (C=O) groups is 3. The van der Waals surface area contributed by atoms with Gasteiger partial charge in [-0.3, -0.25) is 25.2 Å². The molecule has 23 heavy (non-hydrogen) atoms. The zero-order chi connectivity index (χ0) is 16.7. The fraction of sp³-hybridized carbons (Fsp3) is 0.188. The summed E-state index contributed by atoms with van der Waals surface area (Å²) in [5, 5.41) is 2.37. The second kappa shape index (κ2) is 7.79. The molecule has 7 heteroatoms. The highest BCUT2D eigenvalue weighted by atomic mass is 16.3. The number of furan rings is 1. The number of carbonyl (C=O) groups excluding carboxylic acids is 3. The molecule has 3 amide bonds. The summed E-state index contributed by atoms with van der Waals surface area (Å²) in [7, 11) is 0. The Hall–Kier alpha value is -3.09. The Kier molecular flexibility index (Phi) is 5.51. The summed E-state index contributed by atoms with van der Waals surface area (Å²) in [6, 6.07) is 10.1. The van der Waals surface area contributed by atoms with E-state index in [2.05, 4.69) is 16.2 Å². The Morgan fingerprint density at radius 3 is 2.35 bits per heavy atom. The molecule has 1 heterocycles. The summed E-state index contributed by atoms with van der Waals surface area (Å²) in [5.41, 5.74) is 6.06. The van der Waals surface area contributed by atoms with Crippen molar-refractivity contribution in [1.29, 1.82) is 0 Å². The molecule has 2 rings (SSSR count). The number of hydrazine groups is 1. The van der Waals surface area contributed by atoms with Crippen molar-refractivity contribution in [2.45, 2.75) is 13.3 Å². The molecular formula is C16H17N3O4. The van der Waals surface area contributed by atoms with E-state index in [-0.39, 0.29) is 12.3 Å². The quantitative estimate of drug-likeness (QED) is 0.717. The molecule has 7 nitrogen and oxygen atoms in total. The van der Waals surface area contributed by atoms with Crippen LogP contribution < -0.4 is 16.2 Å². The Labute approximate surface area is 133 Å². The van der Waals surface area contributed by atoms with E-state index in [4.69, 9.17) is 4.42 Å². The number of nitrogens with one attached hydrogen (secondary N) is 3. The minimum atomic E-state index is -0.552. The second-order valence-electron chi connectivity index (χ2n) is 4.71. The largest absolute Gasteiger partial charge is 0.459 e. The van der Waals surface area contributed by atoms with Crippen LogP contribution in [0.1, 0.15) is 33.4 Å². The second-order valence-corrected chi connectivity index (χ2v) is 4.71. The summed E-state index contributed by atoms with van der Waals surface area (Å²) in [6.45, 7) is 1.74. The van der Waals surface area contributed by atoms with Crippen LogP contribution in [0.25, 0.3) is 0 Å². The Balaban J connectivity index is 1.75. The molecule has 2 aromatic rings. The monoisotopic (exact) mass is 315 g/mol. The smallest absolute Gasteiger partial charge is 0.287 e. The van der Waals surface area contributed by atoms with E-state index in [1.54, 1.807) is 18.2 Å². The summed E-state index contributed by atoms with van der Waals surface area (Å²) in [4.78, 5) is 35.0. The first-order valence-electron chi connectivity index (χ1n) is 7.10. The van der Waals surface area contributed by atoms with Crippen LogP contribution in [0.2, 0.25) is 0 Å². The van der Waals surface area contributed by atoms with Gasteiger partial charge in [0.1, 0.15) is 0 Å². The normalized spacial score (nSPS) is 9.96. The summed E-state index contributed by atoms with van der Waals surface area (Å²) >= 11 is 0. The van der Waals surface area contributed by atoms with Gasteiger partial charge in [-0.05, 0) is 36.2 Å². The van der Waals surface area contributed by atoms with Gasteiger partial charge in [0.25, 0.3) is 17.7 Å². The maximum atomic E-state index is 11.8. The Morgan fingerprint density at radius 2 is 1.74 bits per heavy atom. The first-order chi connectivity index (χ1) is 11.1. The van der Waals surface area contributed by atoms with Crippen LogP contribution in [0, 0.1) is 0 Å². The van der Waals surface area contributed by atoms with Gasteiger partial charge < -0.3 is 9.73 Å². The van der Waals surface area contributed by atoms with Crippen molar-refractivity contribution in [1.82, 2.24) is 16.2 Å². The zero-order valence-electron chi connectivity index (χ0n) is 12.6. The van der Waals surface area contributed by atoms with Crippen LogP contribution in [0.5, 0.6) is 0 Å². The fourth-order valence-corrected chi connectivity index (χ4v) is 1.79. The molecule has 0 aliphatic heterocycles. The lowest BCUT2D eigenvalue weighted by atomic mass is 10.1. The van der Waals surface area contributed by atoms with Crippen LogP contribution >= 0.6 is 0 Å². The lowest BCUT2D eigenvalue weighted by molar-refractivity contribution is -0.120. The van der Waals surface area contributed by atoms with Crippen LogP contribution in [-0.2, 0) is 11.2 Å².